The van der Waals surface area contributed by atoms with Gasteiger partial charge in [0.1, 0.15) is 11.3 Å². The first kappa shape index (κ1) is 14.9. The van der Waals surface area contributed by atoms with Crippen LogP contribution in [0.15, 0.2) is 45.7 Å². The van der Waals surface area contributed by atoms with Gasteiger partial charge in [0.2, 0.25) is 0 Å². The molecule has 4 rings (SSSR count). The van der Waals surface area contributed by atoms with E-state index in [1.807, 2.05) is 0 Å². The molecule has 124 valence electrons. The highest BCUT2D eigenvalue weighted by atomic mass is 19.1. The molecule has 2 aromatic heterocycles. The van der Waals surface area contributed by atoms with Crippen LogP contribution in [0.25, 0.3) is 11.1 Å². The van der Waals surface area contributed by atoms with Crippen LogP contribution in [0.2, 0.25) is 0 Å². The SMILES string of the molecule is O=c1cccnn1C1CCC(Nc2nc3ccc(F)cc3o2)CC1. The number of hydrogen-bond donors (Lipinski definition) is 1. The number of nitrogens with zero attached hydrogens (tertiary/aromatic N) is 3. The molecule has 1 saturated carbocycles. The van der Waals surface area contributed by atoms with Gasteiger partial charge in [0.15, 0.2) is 5.58 Å². The maximum Gasteiger partial charge on any atom is 0.295 e. The molecule has 24 heavy (non-hydrogen) atoms. The number of halogens is 1. The number of anilines is 1. The van der Waals surface area contributed by atoms with E-state index in [2.05, 4.69) is 15.4 Å². The fourth-order valence-electron chi connectivity index (χ4n) is 3.24. The van der Waals surface area contributed by atoms with Gasteiger partial charge >= 0.3 is 0 Å². The molecule has 0 amide bonds. The van der Waals surface area contributed by atoms with E-state index in [9.17, 15) is 9.18 Å². The first-order valence-corrected chi connectivity index (χ1v) is 8.05. The third-order valence-corrected chi connectivity index (χ3v) is 4.46. The molecule has 1 fully saturated rings. The van der Waals surface area contributed by atoms with Gasteiger partial charge in [0, 0.05) is 24.4 Å². The van der Waals surface area contributed by atoms with Crippen LogP contribution in [0.1, 0.15) is 31.7 Å². The molecule has 7 heteroatoms. The molecular formula is C17H17FN4O2. The Morgan fingerprint density at radius 2 is 2.04 bits per heavy atom. The Morgan fingerprint density at radius 1 is 1.21 bits per heavy atom. The van der Waals surface area contributed by atoms with Crippen molar-refractivity contribution in [3.63, 3.8) is 0 Å². The second-order valence-corrected chi connectivity index (χ2v) is 6.09. The van der Waals surface area contributed by atoms with Crippen molar-refractivity contribution in [1.29, 1.82) is 0 Å². The highest BCUT2D eigenvalue weighted by Gasteiger charge is 2.24. The Bertz CT molecular complexity index is 912. The highest BCUT2D eigenvalue weighted by Crippen LogP contribution is 2.29. The molecule has 1 aliphatic rings. The monoisotopic (exact) mass is 328 g/mol. The summed E-state index contributed by atoms with van der Waals surface area (Å²) in [6.45, 7) is 0. The summed E-state index contributed by atoms with van der Waals surface area (Å²) < 4.78 is 20.3. The number of oxazole rings is 1. The zero-order valence-electron chi connectivity index (χ0n) is 13.0. The summed E-state index contributed by atoms with van der Waals surface area (Å²) in [6.07, 6.45) is 5.15. The topological polar surface area (TPSA) is 73.0 Å². The van der Waals surface area contributed by atoms with Crippen LogP contribution in [-0.4, -0.2) is 20.8 Å². The van der Waals surface area contributed by atoms with E-state index in [1.54, 1.807) is 23.0 Å². The van der Waals surface area contributed by atoms with Gasteiger partial charge in [-0.15, -0.1) is 0 Å². The number of hydrogen-bond acceptors (Lipinski definition) is 5. The zero-order chi connectivity index (χ0) is 16.5. The maximum absolute atomic E-state index is 13.2. The van der Waals surface area contributed by atoms with Crippen molar-refractivity contribution in [2.24, 2.45) is 0 Å². The number of aromatic nitrogens is 3. The van der Waals surface area contributed by atoms with Gasteiger partial charge in [-0.25, -0.2) is 9.07 Å². The number of nitrogens with one attached hydrogen (secondary N) is 1. The van der Waals surface area contributed by atoms with E-state index in [0.29, 0.717) is 17.1 Å². The molecule has 0 bridgehead atoms. The van der Waals surface area contributed by atoms with E-state index in [1.165, 1.54) is 18.2 Å². The summed E-state index contributed by atoms with van der Waals surface area (Å²) in [7, 11) is 0. The Morgan fingerprint density at radius 3 is 2.83 bits per heavy atom. The third kappa shape index (κ3) is 2.89. The van der Waals surface area contributed by atoms with Crippen molar-refractivity contribution in [2.75, 3.05) is 5.32 Å². The van der Waals surface area contributed by atoms with Crippen LogP contribution in [0, 0.1) is 5.82 Å². The molecule has 1 aromatic carbocycles. The lowest BCUT2D eigenvalue weighted by Gasteiger charge is -2.28. The van der Waals surface area contributed by atoms with E-state index in [0.717, 1.165) is 25.7 Å². The molecule has 0 saturated heterocycles. The molecule has 6 nitrogen and oxygen atoms in total. The second-order valence-electron chi connectivity index (χ2n) is 6.09. The molecule has 0 aliphatic heterocycles. The van der Waals surface area contributed by atoms with Crippen LogP contribution in [0.3, 0.4) is 0 Å². The van der Waals surface area contributed by atoms with Crippen molar-refractivity contribution < 1.29 is 8.81 Å². The lowest BCUT2D eigenvalue weighted by Crippen LogP contribution is -2.32. The number of benzene rings is 1. The van der Waals surface area contributed by atoms with E-state index < -0.39 is 0 Å². The van der Waals surface area contributed by atoms with Crippen LogP contribution < -0.4 is 10.9 Å². The second kappa shape index (κ2) is 6.07. The zero-order valence-corrected chi connectivity index (χ0v) is 13.0. The summed E-state index contributed by atoms with van der Waals surface area (Å²) >= 11 is 0. The Hall–Kier alpha value is -2.70. The van der Waals surface area contributed by atoms with E-state index in [4.69, 9.17) is 4.42 Å². The van der Waals surface area contributed by atoms with Crippen LogP contribution in [-0.2, 0) is 0 Å². The Kier molecular flexibility index (Phi) is 3.76. The average molecular weight is 328 g/mol. The predicted octanol–water partition coefficient (Wildman–Crippen LogP) is 3.12. The van der Waals surface area contributed by atoms with Crippen molar-refractivity contribution in [1.82, 2.24) is 14.8 Å². The van der Waals surface area contributed by atoms with Crippen molar-refractivity contribution in [3.8, 4) is 0 Å². The standard InChI is InChI=1S/C17H17FN4O2/c18-11-3-8-14-15(10-11)24-17(21-14)20-12-4-6-13(7-5-12)22-16(23)2-1-9-19-22/h1-3,8-10,12-13H,4-7H2,(H,20,21). The summed E-state index contributed by atoms with van der Waals surface area (Å²) in [5.74, 6) is -0.341. The van der Waals surface area contributed by atoms with Gasteiger partial charge in [-0.3, -0.25) is 4.79 Å². The maximum atomic E-state index is 13.2. The number of rotatable bonds is 3. The van der Waals surface area contributed by atoms with E-state index >= 15 is 0 Å². The molecule has 1 N–H and O–H groups in total. The van der Waals surface area contributed by atoms with Crippen LogP contribution in [0.5, 0.6) is 0 Å². The summed E-state index contributed by atoms with van der Waals surface area (Å²) in [4.78, 5) is 16.2. The molecule has 0 unspecified atom stereocenters. The predicted molar refractivity (Wildman–Crippen MR) is 87.4 cm³/mol. The lowest BCUT2D eigenvalue weighted by atomic mass is 9.91. The minimum atomic E-state index is -0.341. The van der Waals surface area contributed by atoms with Gasteiger partial charge in [-0.05, 0) is 43.9 Å². The molecule has 3 aromatic rings. The Labute approximate surface area is 137 Å². The first-order chi connectivity index (χ1) is 11.7. The minimum absolute atomic E-state index is 0.0603. The molecule has 0 spiro atoms. The van der Waals surface area contributed by atoms with Crippen molar-refractivity contribution in [2.45, 2.75) is 37.8 Å². The van der Waals surface area contributed by atoms with Crippen LogP contribution >= 0.6 is 0 Å². The molecular weight excluding hydrogens is 311 g/mol. The Balaban J connectivity index is 1.42. The van der Waals surface area contributed by atoms with Crippen molar-refractivity contribution >= 4 is 17.1 Å². The van der Waals surface area contributed by atoms with Gasteiger partial charge in [0.25, 0.3) is 11.6 Å². The molecule has 0 radical (unpaired) electrons. The largest absolute Gasteiger partial charge is 0.423 e. The van der Waals surface area contributed by atoms with E-state index in [-0.39, 0.29) is 23.5 Å². The highest BCUT2D eigenvalue weighted by molar-refractivity contribution is 5.74. The van der Waals surface area contributed by atoms with Gasteiger partial charge < -0.3 is 9.73 Å². The smallest absolute Gasteiger partial charge is 0.295 e. The number of fused-ring (bicyclic) bond motifs is 1. The normalized spacial score (nSPS) is 21.0. The third-order valence-electron chi connectivity index (χ3n) is 4.46. The van der Waals surface area contributed by atoms with Gasteiger partial charge in [-0.1, -0.05) is 0 Å². The fraction of sp³-hybridized carbons (Fsp3) is 0.353. The minimum Gasteiger partial charge on any atom is -0.423 e. The van der Waals surface area contributed by atoms with Crippen molar-refractivity contribution in [3.05, 3.63) is 52.7 Å². The quantitative estimate of drug-likeness (QED) is 0.800. The molecule has 2 heterocycles. The average Bonchev–Trinajstić information content (AvgIpc) is 2.97. The first-order valence-electron chi connectivity index (χ1n) is 8.05. The summed E-state index contributed by atoms with van der Waals surface area (Å²) in [5.41, 5.74) is 1.01. The summed E-state index contributed by atoms with van der Waals surface area (Å²) in [6, 6.07) is 8.25. The summed E-state index contributed by atoms with van der Waals surface area (Å²) in [5, 5.41) is 7.43. The van der Waals surface area contributed by atoms with Gasteiger partial charge in [-0.2, -0.15) is 10.1 Å². The molecule has 0 atom stereocenters. The fourth-order valence-corrected chi connectivity index (χ4v) is 3.24. The van der Waals surface area contributed by atoms with Gasteiger partial charge in [0.05, 0.1) is 6.04 Å². The lowest BCUT2D eigenvalue weighted by molar-refractivity contribution is 0.301. The molecule has 1 aliphatic carbocycles. The van der Waals surface area contributed by atoms with Crippen LogP contribution in [0.4, 0.5) is 10.4 Å².